The normalized spacial score (nSPS) is 29.8. The number of halogens is 1. The van der Waals surface area contributed by atoms with E-state index in [2.05, 4.69) is 39.4 Å². The Kier molecular flexibility index (Phi) is 2.14. The Morgan fingerprint density at radius 2 is 2.29 bits per heavy atom. The summed E-state index contributed by atoms with van der Waals surface area (Å²) in [5.41, 5.74) is 3.13. The topological polar surface area (TPSA) is 12.0 Å². The van der Waals surface area contributed by atoms with Crippen LogP contribution < -0.4 is 5.32 Å². The molecule has 0 radical (unpaired) electrons. The van der Waals surface area contributed by atoms with Gasteiger partial charge in [-0.1, -0.05) is 22.0 Å². The summed E-state index contributed by atoms with van der Waals surface area (Å²) in [6.07, 6.45) is 3.92. The molecule has 0 unspecified atom stereocenters. The second kappa shape index (κ2) is 3.35. The van der Waals surface area contributed by atoms with E-state index < -0.39 is 0 Å². The lowest BCUT2D eigenvalue weighted by Gasteiger charge is -2.27. The van der Waals surface area contributed by atoms with Crippen molar-refractivity contribution in [3.8, 4) is 0 Å². The molecule has 14 heavy (non-hydrogen) atoms. The zero-order chi connectivity index (χ0) is 9.54. The van der Waals surface area contributed by atoms with Gasteiger partial charge in [-0.15, -0.1) is 0 Å². The molecule has 0 bridgehead atoms. The maximum atomic E-state index is 3.63. The Hall–Kier alpha value is -0.340. The first kappa shape index (κ1) is 8.93. The summed E-state index contributed by atoms with van der Waals surface area (Å²) < 4.78 is 1.22. The molecule has 1 aromatic carbocycles. The lowest BCUT2D eigenvalue weighted by molar-refractivity contribution is 0.372. The van der Waals surface area contributed by atoms with E-state index in [1.807, 2.05) is 0 Å². The van der Waals surface area contributed by atoms with Crippen LogP contribution in [0.4, 0.5) is 0 Å². The maximum absolute atomic E-state index is 3.63. The fourth-order valence-corrected chi connectivity index (χ4v) is 3.25. The van der Waals surface area contributed by atoms with Crippen LogP contribution in [0.5, 0.6) is 0 Å². The molecular weight excluding hydrogens is 238 g/mol. The molecule has 1 saturated heterocycles. The molecule has 0 spiro atoms. The summed E-state index contributed by atoms with van der Waals surface area (Å²) in [6, 6.07) is 7.47. The molecule has 1 aliphatic heterocycles. The molecule has 2 heteroatoms. The zero-order valence-corrected chi connectivity index (χ0v) is 9.68. The van der Waals surface area contributed by atoms with E-state index in [4.69, 9.17) is 0 Å². The van der Waals surface area contributed by atoms with Crippen molar-refractivity contribution in [1.29, 1.82) is 0 Å². The number of fused-ring (bicyclic) bond motifs is 3. The second-order valence-corrected chi connectivity index (χ2v) is 5.27. The van der Waals surface area contributed by atoms with E-state index in [-0.39, 0.29) is 0 Å². The SMILES string of the molecule is Brc1ccc2c(c1)[C@H]1CCCN[C@H]1C2. The molecule has 1 aromatic rings. The van der Waals surface area contributed by atoms with Crippen LogP contribution in [0.25, 0.3) is 0 Å². The third-order valence-electron chi connectivity index (χ3n) is 3.53. The summed E-state index contributed by atoms with van der Waals surface area (Å²) in [6.45, 7) is 1.20. The molecule has 3 rings (SSSR count). The van der Waals surface area contributed by atoms with Crippen molar-refractivity contribution in [3.63, 3.8) is 0 Å². The molecule has 1 nitrogen and oxygen atoms in total. The minimum atomic E-state index is 0.716. The maximum Gasteiger partial charge on any atom is 0.0178 e. The van der Waals surface area contributed by atoms with Gasteiger partial charge >= 0.3 is 0 Å². The van der Waals surface area contributed by atoms with Crippen molar-refractivity contribution in [3.05, 3.63) is 33.8 Å². The van der Waals surface area contributed by atoms with Crippen molar-refractivity contribution < 1.29 is 0 Å². The van der Waals surface area contributed by atoms with Gasteiger partial charge in [-0.2, -0.15) is 0 Å². The van der Waals surface area contributed by atoms with Gasteiger partial charge in [0, 0.05) is 10.5 Å². The van der Waals surface area contributed by atoms with E-state index in [1.54, 1.807) is 11.1 Å². The molecule has 1 heterocycles. The van der Waals surface area contributed by atoms with E-state index >= 15 is 0 Å². The van der Waals surface area contributed by atoms with Crippen LogP contribution in [-0.4, -0.2) is 12.6 Å². The minimum Gasteiger partial charge on any atom is -0.313 e. The molecular formula is C12H14BrN. The highest BCUT2D eigenvalue weighted by Gasteiger charge is 2.33. The second-order valence-electron chi connectivity index (χ2n) is 4.36. The summed E-state index contributed by atoms with van der Waals surface area (Å²) in [4.78, 5) is 0. The molecule has 0 amide bonds. The number of rotatable bonds is 0. The molecule has 1 fully saturated rings. The Balaban J connectivity index is 2.02. The highest BCUT2D eigenvalue weighted by molar-refractivity contribution is 9.10. The van der Waals surface area contributed by atoms with Crippen molar-refractivity contribution >= 4 is 15.9 Å². The average molecular weight is 252 g/mol. The highest BCUT2D eigenvalue weighted by Crippen LogP contribution is 2.39. The number of benzene rings is 1. The van der Waals surface area contributed by atoms with Crippen molar-refractivity contribution in [2.45, 2.75) is 31.2 Å². The van der Waals surface area contributed by atoms with Crippen molar-refractivity contribution in [1.82, 2.24) is 5.32 Å². The first-order chi connectivity index (χ1) is 6.84. The largest absolute Gasteiger partial charge is 0.313 e. The van der Waals surface area contributed by atoms with Crippen LogP contribution in [0.2, 0.25) is 0 Å². The lowest BCUT2D eigenvalue weighted by Crippen LogP contribution is -2.37. The minimum absolute atomic E-state index is 0.716. The van der Waals surface area contributed by atoms with Crippen LogP contribution in [0.15, 0.2) is 22.7 Å². The van der Waals surface area contributed by atoms with E-state index in [0.29, 0.717) is 6.04 Å². The summed E-state index contributed by atoms with van der Waals surface area (Å²) >= 11 is 3.56. The van der Waals surface area contributed by atoms with Crippen LogP contribution >= 0.6 is 15.9 Å². The predicted octanol–water partition coefficient (Wildman–Crippen LogP) is 2.84. The lowest BCUT2D eigenvalue weighted by atomic mass is 9.90. The van der Waals surface area contributed by atoms with Gasteiger partial charge in [0.25, 0.3) is 0 Å². The average Bonchev–Trinajstić information content (AvgIpc) is 2.56. The van der Waals surface area contributed by atoms with Gasteiger partial charge in [-0.25, -0.2) is 0 Å². The molecule has 2 aliphatic rings. The third-order valence-corrected chi connectivity index (χ3v) is 4.02. The Morgan fingerprint density at radius 1 is 1.36 bits per heavy atom. The van der Waals surface area contributed by atoms with E-state index in [9.17, 15) is 0 Å². The van der Waals surface area contributed by atoms with E-state index in [0.717, 1.165) is 5.92 Å². The first-order valence-corrected chi connectivity index (χ1v) is 6.15. The van der Waals surface area contributed by atoms with Gasteiger partial charge in [-0.3, -0.25) is 0 Å². The number of piperidine rings is 1. The van der Waals surface area contributed by atoms with Gasteiger partial charge < -0.3 is 5.32 Å². The van der Waals surface area contributed by atoms with Gasteiger partial charge in [0.05, 0.1) is 0 Å². The van der Waals surface area contributed by atoms with Gasteiger partial charge in [0.2, 0.25) is 0 Å². The molecule has 74 valence electrons. The zero-order valence-electron chi connectivity index (χ0n) is 8.09. The Labute approximate surface area is 93.0 Å². The summed E-state index contributed by atoms with van der Waals surface area (Å²) in [7, 11) is 0. The van der Waals surface area contributed by atoms with Crippen molar-refractivity contribution in [2.24, 2.45) is 0 Å². The van der Waals surface area contributed by atoms with Crippen LogP contribution in [0.1, 0.15) is 29.9 Å². The smallest absolute Gasteiger partial charge is 0.0178 e. The monoisotopic (exact) mass is 251 g/mol. The van der Waals surface area contributed by atoms with Crippen molar-refractivity contribution in [2.75, 3.05) is 6.54 Å². The van der Waals surface area contributed by atoms with Gasteiger partial charge in [0.15, 0.2) is 0 Å². The molecule has 1 N–H and O–H groups in total. The Morgan fingerprint density at radius 3 is 3.21 bits per heavy atom. The quantitative estimate of drug-likeness (QED) is 0.748. The molecule has 2 atom stereocenters. The van der Waals surface area contributed by atoms with E-state index in [1.165, 1.54) is 30.3 Å². The standard InChI is InChI=1S/C12H14BrN/c13-9-4-3-8-6-12-10(11(8)7-9)2-1-5-14-12/h3-4,7,10,12,14H,1-2,5-6H2/t10-,12+/m1/s1. The Bertz CT molecular complexity index is 361. The molecule has 1 aliphatic carbocycles. The molecule has 0 saturated carbocycles. The van der Waals surface area contributed by atoms with Crippen LogP contribution in [-0.2, 0) is 6.42 Å². The van der Waals surface area contributed by atoms with Gasteiger partial charge in [-0.05, 0) is 55.0 Å². The van der Waals surface area contributed by atoms with Crippen LogP contribution in [0.3, 0.4) is 0 Å². The summed E-state index contributed by atoms with van der Waals surface area (Å²) in [5.74, 6) is 0.774. The fourth-order valence-electron chi connectivity index (χ4n) is 2.87. The summed E-state index contributed by atoms with van der Waals surface area (Å²) in [5, 5.41) is 3.63. The van der Waals surface area contributed by atoms with Crippen LogP contribution in [0, 0.1) is 0 Å². The fraction of sp³-hybridized carbons (Fsp3) is 0.500. The number of hydrogen-bond donors (Lipinski definition) is 1. The number of nitrogens with one attached hydrogen (secondary N) is 1. The molecule has 0 aromatic heterocycles. The predicted molar refractivity (Wildman–Crippen MR) is 61.6 cm³/mol. The number of hydrogen-bond acceptors (Lipinski definition) is 1. The van der Waals surface area contributed by atoms with Gasteiger partial charge in [0.1, 0.15) is 0 Å². The first-order valence-electron chi connectivity index (χ1n) is 5.36. The highest BCUT2D eigenvalue weighted by atomic mass is 79.9. The third kappa shape index (κ3) is 1.32.